The van der Waals surface area contributed by atoms with Gasteiger partial charge < -0.3 is 14.5 Å². The molecule has 12 heavy (non-hydrogen) atoms. The molecule has 1 N–H and O–H groups in total. The summed E-state index contributed by atoms with van der Waals surface area (Å²) in [6.07, 6.45) is 1.46. The van der Waals surface area contributed by atoms with Crippen LogP contribution in [-0.4, -0.2) is 13.1 Å². The van der Waals surface area contributed by atoms with Gasteiger partial charge in [-0.1, -0.05) is 0 Å². The Balaban J connectivity index is 2.39. The van der Waals surface area contributed by atoms with Gasteiger partial charge in [-0.05, 0) is 0 Å². The fourth-order valence-electron chi connectivity index (χ4n) is 1.35. The van der Waals surface area contributed by atoms with Gasteiger partial charge in [0.2, 0.25) is 0 Å². The summed E-state index contributed by atoms with van der Waals surface area (Å²) in [6, 6.07) is 0. The van der Waals surface area contributed by atoms with Crippen LogP contribution in [0, 0.1) is 0 Å². The van der Waals surface area contributed by atoms with Crippen LogP contribution < -0.4 is 5.32 Å². The second kappa shape index (κ2) is 2.64. The molecule has 1 aromatic heterocycles. The molecule has 0 saturated carbocycles. The van der Waals surface area contributed by atoms with Crippen LogP contribution in [0.25, 0.3) is 0 Å². The molecule has 0 amide bonds. The number of methoxy groups -OCH3 is 1. The first-order chi connectivity index (χ1) is 5.83. The molecule has 0 fully saturated rings. The molecule has 0 atom stereocenters. The Morgan fingerprint density at radius 3 is 3.25 bits per heavy atom. The zero-order valence-corrected chi connectivity index (χ0v) is 6.72. The Kier molecular flexibility index (Phi) is 1.62. The molecular formula is C8H9NO3. The van der Waals surface area contributed by atoms with Crippen molar-refractivity contribution in [3.8, 4) is 0 Å². The highest BCUT2D eigenvalue weighted by Gasteiger charge is 2.22. The van der Waals surface area contributed by atoms with Gasteiger partial charge in [-0.25, -0.2) is 4.79 Å². The number of ether oxygens (including phenoxy) is 1. The van der Waals surface area contributed by atoms with Crippen LogP contribution in [-0.2, 0) is 17.8 Å². The fraction of sp³-hybridized carbons (Fsp3) is 0.375. The number of carbonyl (C=O) groups is 1. The lowest BCUT2D eigenvalue weighted by Gasteiger charge is -1.95. The van der Waals surface area contributed by atoms with Crippen LogP contribution in [0.3, 0.4) is 0 Å². The third-order valence-electron chi connectivity index (χ3n) is 1.97. The van der Waals surface area contributed by atoms with E-state index in [-0.39, 0.29) is 5.97 Å². The predicted octanol–water partition coefficient (Wildman–Crippen LogP) is 0.669. The van der Waals surface area contributed by atoms with E-state index in [4.69, 9.17) is 4.42 Å². The second-order valence-electron chi connectivity index (χ2n) is 2.65. The molecule has 0 unspecified atom stereocenters. The summed E-state index contributed by atoms with van der Waals surface area (Å²) in [6.45, 7) is 1.39. The number of nitrogens with one attached hydrogen (secondary N) is 1. The Bertz CT molecular complexity index is 316. The molecule has 0 aliphatic carbocycles. The largest absolute Gasteiger partial charge is 0.467 e. The monoisotopic (exact) mass is 167 g/mol. The van der Waals surface area contributed by atoms with Crippen LogP contribution in [0.2, 0.25) is 0 Å². The van der Waals surface area contributed by atoms with Crippen molar-refractivity contribution in [2.75, 3.05) is 7.11 Å². The molecule has 2 heterocycles. The van der Waals surface area contributed by atoms with E-state index in [0.717, 1.165) is 11.3 Å². The summed E-state index contributed by atoms with van der Waals surface area (Å²) in [5.74, 6) is 0.513. The van der Waals surface area contributed by atoms with Crippen molar-refractivity contribution in [3.63, 3.8) is 0 Å². The molecule has 1 aromatic rings. The smallest absolute Gasteiger partial charge is 0.341 e. The van der Waals surface area contributed by atoms with E-state index < -0.39 is 0 Å². The summed E-state index contributed by atoms with van der Waals surface area (Å²) in [5, 5.41) is 3.09. The molecular weight excluding hydrogens is 158 g/mol. The van der Waals surface area contributed by atoms with Gasteiger partial charge in [-0.3, -0.25) is 0 Å². The topological polar surface area (TPSA) is 51.5 Å². The maximum absolute atomic E-state index is 11.1. The summed E-state index contributed by atoms with van der Waals surface area (Å²) in [7, 11) is 1.37. The molecule has 4 heteroatoms. The molecule has 64 valence electrons. The normalized spacial score (nSPS) is 14.4. The lowest BCUT2D eigenvalue weighted by molar-refractivity contribution is 0.0599. The maximum atomic E-state index is 11.1. The molecule has 0 spiro atoms. The summed E-state index contributed by atoms with van der Waals surface area (Å²) in [4.78, 5) is 11.1. The summed E-state index contributed by atoms with van der Waals surface area (Å²) < 4.78 is 9.76. The average Bonchev–Trinajstić information content (AvgIpc) is 2.62. The Hall–Kier alpha value is -1.29. The van der Waals surface area contributed by atoms with Gasteiger partial charge in [0.1, 0.15) is 17.6 Å². The van der Waals surface area contributed by atoms with Crippen LogP contribution >= 0.6 is 0 Å². The lowest BCUT2D eigenvalue weighted by atomic mass is 10.2. The molecule has 2 rings (SSSR count). The van der Waals surface area contributed by atoms with Crippen LogP contribution in [0.1, 0.15) is 21.7 Å². The molecule has 0 radical (unpaired) electrons. The van der Waals surface area contributed by atoms with Crippen molar-refractivity contribution in [1.29, 1.82) is 0 Å². The predicted molar refractivity (Wildman–Crippen MR) is 40.6 cm³/mol. The number of esters is 1. The van der Waals surface area contributed by atoms with Crippen molar-refractivity contribution in [1.82, 2.24) is 5.32 Å². The van der Waals surface area contributed by atoms with Crippen molar-refractivity contribution in [3.05, 3.63) is 23.2 Å². The third-order valence-corrected chi connectivity index (χ3v) is 1.97. The van der Waals surface area contributed by atoms with Crippen molar-refractivity contribution < 1.29 is 13.9 Å². The molecule has 0 aromatic carbocycles. The Labute approximate surface area is 69.5 Å². The highest BCUT2D eigenvalue weighted by atomic mass is 16.5. The summed E-state index contributed by atoms with van der Waals surface area (Å²) in [5.41, 5.74) is 1.47. The Morgan fingerprint density at radius 2 is 2.50 bits per heavy atom. The molecule has 0 bridgehead atoms. The van der Waals surface area contributed by atoms with Crippen LogP contribution in [0.5, 0.6) is 0 Å². The minimum Gasteiger partial charge on any atom is -0.467 e. The first-order valence-electron chi connectivity index (χ1n) is 3.71. The minimum atomic E-state index is -0.330. The number of hydrogen-bond acceptors (Lipinski definition) is 4. The fourth-order valence-corrected chi connectivity index (χ4v) is 1.35. The summed E-state index contributed by atoms with van der Waals surface area (Å²) >= 11 is 0. The lowest BCUT2D eigenvalue weighted by Crippen LogP contribution is -2.06. The quantitative estimate of drug-likeness (QED) is 0.624. The molecule has 0 saturated heterocycles. The molecule has 4 nitrogen and oxygen atoms in total. The van der Waals surface area contributed by atoms with Gasteiger partial charge in [0.15, 0.2) is 0 Å². The average molecular weight is 167 g/mol. The zero-order chi connectivity index (χ0) is 8.55. The molecule has 1 aliphatic heterocycles. The number of hydrogen-bond donors (Lipinski definition) is 1. The third kappa shape index (κ3) is 0.921. The van der Waals surface area contributed by atoms with Gasteiger partial charge >= 0.3 is 5.97 Å². The number of fused-ring (bicyclic) bond motifs is 1. The van der Waals surface area contributed by atoms with E-state index in [1.807, 2.05) is 0 Å². The first-order valence-corrected chi connectivity index (χ1v) is 3.71. The minimum absolute atomic E-state index is 0.330. The van der Waals surface area contributed by atoms with E-state index in [9.17, 15) is 4.79 Å². The van der Waals surface area contributed by atoms with E-state index in [0.29, 0.717) is 18.7 Å². The SMILES string of the molecule is COC(=O)c1coc2c1CNC2. The van der Waals surface area contributed by atoms with Gasteiger partial charge in [0, 0.05) is 12.1 Å². The van der Waals surface area contributed by atoms with Crippen molar-refractivity contribution >= 4 is 5.97 Å². The van der Waals surface area contributed by atoms with Gasteiger partial charge in [0.25, 0.3) is 0 Å². The van der Waals surface area contributed by atoms with Gasteiger partial charge in [-0.2, -0.15) is 0 Å². The van der Waals surface area contributed by atoms with E-state index in [1.54, 1.807) is 0 Å². The highest BCUT2D eigenvalue weighted by molar-refractivity contribution is 5.91. The van der Waals surface area contributed by atoms with Gasteiger partial charge in [-0.15, -0.1) is 0 Å². The van der Waals surface area contributed by atoms with Gasteiger partial charge in [0.05, 0.1) is 13.7 Å². The van der Waals surface area contributed by atoms with E-state index in [2.05, 4.69) is 10.1 Å². The second-order valence-corrected chi connectivity index (χ2v) is 2.65. The van der Waals surface area contributed by atoms with E-state index in [1.165, 1.54) is 13.4 Å². The highest BCUT2D eigenvalue weighted by Crippen LogP contribution is 2.22. The zero-order valence-electron chi connectivity index (χ0n) is 6.72. The van der Waals surface area contributed by atoms with Crippen molar-refractivity contribution in [2.45, 2.75) is 13.1 Å². The van der Waals surface area contributed by atoms with Crippen LogP contribution in [0.15, 0.2) is 10.7 Å². The Morgan fingerprint density at radius 1 is 1.67 bits per heavy atom. The standard InChI is InChI=1S/C8H9NO3/c1-11-8(10)6-4-12-7-3-9-2-5(6)7/h4,9H,2-3H2,1H3. The number of carbonyl (C=O) groups excluding carboxylic acids is 1. The van der Waals surface area contributed by atoms with Crippen molar-refractivity contribution in [2.24, 2.45) is 0 Å². The first kappa shape index (κ1) is 7.36. The van der Waals surface area contributed by atoms with Crippen LogP contribution in [0.4, 0.5) is 0 Å². The molecule has 1 aliphatic rings. The number of furan rings is 1. The maximum Gasteiger partial charge on any atom is 0.341 e. The van der Waals surface area contributed by atoms with E-state index >= 15 is 0 Å². The number of rotatable bonds is 1.